The number of benzene rings is 2. The van der Waals surface area contributed by atoms with Crippen LogP contribution >= 0.6 is 0 Å². The summed E-state index contributed by atoms with van der Waals surface area (Å²) < 4.78 is 6.72. The number of carbonyl (C=O) groups excluding carboxylic acids is 3. The Hall–Kier alpha value is -4.14. The van der Waals surface area contributed by atoms with Crippen molar-refractivity contribution in [1.82, 2.24) is 9.55 Å². The average Bonchev–Trinajstić information content (AvgIpc) is 3.04. The Morgan fingerprint density at radius 2 is 1.81 bits per heavy atom. The largest absolute Gasteiger partial charge is 0.452 e. The summed E-state index contributed by atoms with van der Waals surface area (Å²) >= 11 is 0. The Kier molecular flexibility index (Phi) is 5.63. The van der Waals surface area contributed by atoms with Crippen molar-refractivity contribution in [3.8, 4) is 5.69 Å². The van der Waals surface area contributed by atoms with Crippen LogP contribution < -0.4 is 15.9 Å². The van der Waals surface area contributed by atoms with Crippen LogP contribution in [0.5, 0.6) is 0 Å². The van der Waals surface area contributed by atoms with Gasteiger partial charge in [0.25, 0.3) is 5.91 Å². The molecule has 0 bridgehead atoms. The molecule has 0 fully saturated rings. The van der Waals surface area contributed by atoms with Gasteiger partial charge in [0, 0.05) is 24.4 Å². The van der Waals surface area contributed by atoms with Gasteiger partial charge in [-0.05, 0) is 50.2 Å². The van der Waals surface area contributed by atoms with Crippen LogP contribution in [-0.2, 0) is 14.3 Å². The summed E-state index contributed by atoms with van der Waals surface area (Å²) in [4.78, 5) is 53.4. The normalized spacial score (nSPS) is 15.5. The van der Waals surface area contributed by atoms with E-state index >= 15 is 0 Å². The number of ether oxygens (including phenoxy) is 1. The fourth-order valence-electron chi connectivity index (χ4n) is 3.77. The Morgan fingerprint density at radius 3 is 2.50 bits per heavy atom. The van der Waals surface area contributed by atoms with E-state index in [1.165, 1.54) is 21.6 Å². The molecule has 2 heterocycles. The van der Waals surface area contributed by atoms with E-state index < -0.39 is 24.5 Å². The van der Waals surface area contributed by atoms with Crippen molar-refractivity contribution < 1.29 is 19.1 Å². The van der Waals surface area contributed by atoms with Gasteiger partial charge in [0.1, 0.15) is 0 Å². The molecule has 0 saturated carbocycles. The van der Waals surface area contributed by atoms with Gasteiger partial charge < -0.3 is 19.9 Å². The van der Waals surface area contributed by atoms with Crippen molar-refractivity contribution in [2.45, 2.75) is 26.3 Å². The molecule has 2 amide bonds. The van der Waals surface area contributed by atoms with E-state index in [0.29, 0.717) is 17.1 Å². The van der Waals surface area contributed by atoms with Crippen LogP contribution in [0, 0.1) is 6.92 Å². The quantitative estimate of drug-likeness (QED) is 0.612. The van der Waals surface area contributed by atoms with Gasteiger partial charge >= 0.3 is 11.7 Å². The highest BCUT2D eigenvalue weighted by atomic mass is 16.5. The van der Waals surface area contributed by atoms with Crippen LogP contribution in [0.25, 0.3) is 5.69 Å². The fourth-order valence-corrected chi connectivity index (χ4v) is 3.77. The van der Waals surface area contributed by atoms with Gasteiger partial charge in [-0.15, -0.1) is 0 Å². The summed E-state index contributed by atoms with van der Waals surface area (Å²) in [7, 11) is 0. The van der Waals surface area contributed by atoms with Gasteiger partial charge in [0.05, 0.1) is 22.6 Å². The number of nitrogens with zero attached hydrogens (tertiary/aromatic N) is 2. The number of nitrogens with one attached hydrogen (secondary N) is 2. The monoisotopic (exact) mass is 434 g/mol. The van der Waals surface area contributed by atoms with E-state index in [1.54, 1.807) is 56.4 Å². The van der Waals surface area contributed by atoms with Gasteiger partial charge in [-0.25, -0.2) is 9.59 Å². The van der Waals surface area contributed by atoms with Crippen molar-refractivity contribution in [2.75, 3.05) is 16.8 Å². The summed E-state index contributed by atoms with van der Waals surface area (Å²) in [6.07, 6.45) is 1.73. The van der Waals surface area contributed by atoms with Crippen molar-refractivity contribution in [2.24, 2.45) is 0 Å². The predicted octanol–water partition coefficient (Wildman–Crippen LogP) is 2.39. The lowest BCUT2D eigenvalue weighted by molar-refractivity contribution is -0.122. The molecule has 32 heavy (non-hydrogen) atoms. The topological polar surface area (TPSA) is 114 Å². The maximum Gasteiger partial charge on any atom is 0.338 e. The number of imidazole rings is 1. The van der Waals surface area contributed by atoms with E-state index in [2.05, 4.69) is 10.3 Å². The van der Waals surface area contributed by atoms with Gasteiger partial charge in [0.2, 0.25) is 5.91 Å². The molecule has 2 aromatic carbocycles. The van der Waals surface area contributed by atoms with Crippen LogP contribution in [0.15, 0.2) is 59.5 Å². The number of aryl methyl sites for hydroxylation is 1. The number of esters is 1. The minimum absolute atomic E-state index is 0.133. The third-order valence-corrected chi connectivity index (χ3v) is 5.28. The first kappa shape index (κ1) is 21.1. The first-order valence-corrected chi connectivity index (χ1v) is 10.1. The number of rotatable bonds is 4. The molecular formula is C23H22N4O5. The molecule has 1 aliphatic heterocycles. The van der Waals surface area contributed by atoms with E-state index in [0.717, 1.165) is 5.69 Å². The summed E-state index contributed by atoms with van der Waals surface area (Å²) in [6, 6.07) is 12.9. The van der Waals surface area contributed by atoms with Crippen LogP contribution in [0.2, 0.25) is 0 Å². The van der Waals surface area contributed by atoms with Crippen LogP contribution in [-0.4, -0.2) is 40.0 Å². The Morgan fingerprint density at radius 1 is 1.09 bits per heavy atom. The maximum atomic E-state index is 12.9. The lowest BCUT2D eigenvalue weighted by Crippen LogP contribution is -2.41. The molecule has 0 saturated heterocycles. The number of aromatic nitrogens is 2. The van der Waals surface area contributed by atoms with Gasteiger partial charge in [0.15, 0.2) is 6.61 Å². The maximum absolute atomic E-state index is 12.9. The molecule has 0 spiro atoms. The Labute approximate surface area is 183 Å². The molecule has 1 aromatic heterocycles. The number of hydrogen-bond donors (Lipinski definition) is 2. The molecule has 1 atom stereocenters. The summed E-state index contributed by atoms with van der Waals surface area (Å²) in [5.41, 5.74) is 2.41. The second kappa shape index (κ2) is 8.54. The van der Waals surface area contributed by atoms with E-state index in [9.17, 15) is 19.2 Å². The minimum atomic E-state index is -0.659. The van der Waals surface area contributed by atoms with E-state index in [4.69, 9.17) is 4.74 Å². The molecule has 1 unspecified atom stereocenters. The standard InChI is InChI=1S/C23H22N4O5/c1-14-11-20(28)25-18-5-3-4-6-19(18)27(14)21(29)13-32-22(30)16-7-9-17(10-8-16)26-15(2)12-24-23(26)31/h3-10,12,14H,11,13H2,1-2H3,(H,24,31)(H,25,28). The van der Waals surface area contributed by atoms with E-state index in [1.807, 2.05) is 0 Å². The lowest BCUT2D eigenvalue weighted by atomic mass is 10.1. The Bertz CT molecular complexity index is 1240. The summed E-state index contributed by atoms with van der Waals surface area (Å²) in [5, 5.41) is 2.79. The highest BCUT2D eigenvalue weighted by molar-refractivity contribution is 6.05. The van der Waals surface area contributed by atoms with Gasteiger partial charge in [-0.2, -0.15) is 0 Å². The smallest absolute Gasteiger partial charge is 0.338 e. The predicted molar refractivity (Wildman–Crippen MR) is 118 cm³/mol. The molecule has 4 rings (SSSR count). The molecule has 3 aromatic rings. The second-order valence-corrected chi connectivity index (χ2v) is 7.58. The van der Waals surface area contributed by atoms with Gasteiger partial charge in [-0.1, -0.05) is 12.1 Å². The minimum Gasteiger partial charge on any atom is -0.452 e. The second-order valence-electron chi connectivity index (χ2n) is 7.58. The van der Waals surface area contributed by atoms with Crippen molar-refractivity contribution >= 4 is 29.2 Å². The molecule has 164 valence electrons. The fraction of sp³-hybridized carbons (Fsp3) is 0.217. The number of anilines is 2. The molecule has 1 aliphatic rings. The first-order valence-electron chi connectivity index (χ1n) is 10.1. The van der Waals surface area contributed by atoms with Crippen LogP contribution in [0.1, 0.15) is 29.4 Å². The van der Waals surface area contributed by atoms with Crippen molar-refractivity contribution in [3.63, 3.8) is 0 Å². The van der Waals surface area contributed by atoms with E-state index in [-0.39, 0.29) is 23.6 Å². The summed E-state index contributed by atoms with van der Waals surface area (Å²) in [6.45, 7) is 3.09. The first-order chi connectivity index (χ1) is 15.3. The van der Waals surface area contributed by atoms with Crippen LogP contribution in [0.4, 0.5) is 11.4 Å². The number of amides is 2. The lowest BCUT2D eigenvalue weighted by Gasteiger charge is -2.27. The summed E-state index contributed by atoms with van der Waals surface area (Å²) in [5.74, 6) is -1.27. The Balaban J connectivity index is 1.46. The third kappa shape index (κ3) is 4.04. The van der Waals surface area contributed by atoms with Crippen molar-refractivity contribution in [3.05, 3.63) is 76.5 Å². The third-order valence-electron chi connectivity index (χ3n) is 5.28. The number of fused-ring (bicyclic) bond motifs is 1. The molecule has 9 nitrogen and oxygen atoms in total. The molecule has 0 aliphatic carbocycles. The molecule has 2 N–H and O–H groups in total. The van der Waals surface area contributed by atoms with Gasteiger partial charge in [-0.3, -0.25) is 14.2 Å². The number of carbonyl (C=O) groups is 3. The van der Waals surface area contributed by atoms with Crippen LogP contribution in [0.3, 0.4) is 0 Å². The SMILES string of the molecule is Cc1c[nH]c(=O)n1-c1ccc(C(=O)OCC(=O)N2c3ccccc3NC(=O)CC2C)cc1. The highest BCUT2D eigenvalue weighted by Crippen LogP contribution is 2.31. The molecule has 9 heteroatoms. The number of hydrogen-bond acceptors (Lipinski definition) is 5. The number of para-hydroxylation sites is 2. The zero-order valence-corrected chi connectivity index (χ0v) is 17.6. The zero-order chi connectivity index (χ0) is 22.8. The zero-order valence-electron chi connectivity index (χ0n) is 17.6. The highest BCUT2D eigenvalue weighted by Gasteiger charge is 2.30. The average molecular weight is 434 g/mol. The number of H-pyrrole nitrogens is 1. The molecular weight excluding hydrogens is 412 g/mol. The molecule has 0 radical (unpaired) electrons. The number of aromatic amines is 1. The van der Waals surface area contributed by atoms with Crippen molar-refractivity contribution in [1.29, 1.82) is 0 Å².